The van der Waals surface area contributed by atoms with Crippen molar-refractivity contribution in [1.82, 2.24) is 0 Å². The molecule has 3 aliphatic rings. The van der Waals surface area contributed by atoms with Crippen molar-refractivity contribution in [2.24, 2.45) is 0 Å². The Labute approximate surface area is 842 Å². The SMILES string of the molecule is C#Cc1cc(C#C)cc(C2=C(c3ccc(C#Cc4ccccc4)cc3)C(c3ccc(C#Cc4ccccc4)cc3)=C(c3cc(C#C)cc(C#C)c3)C2=O)c1.C#Cc1ccc(C2=C(c3ccc(C#Cc4ccccc4)cc3)C(c3ccc(C#Cc4ccccc4)cc3)=C(c3ccc(C#C)cc3)C2=O)cc1.C#Cc1ccc(C2=C(c3ccccc3)C(c3ccc(C#Cc4ccccc4)cc3)=C(c3ccccc3)C2=O)cc1. The lowest BCUT2D eigenvalue weighted by molar-refractivity contribution is -0.109. The van der Waals surface area contributed by atoms with Gasteiger partial charge in [0.05, 0.1) is 0 Å². The maximum absolute atomic E-state index is 15.2. The fraction of sp³-hybridized carbons (Fsp3) is 0. The zero-order chi connectivity index (χ0) is 99.0. The summed E-state index contributed by atoms with van der Waals surface area (Å²) in [5, 5.41) is 0. The first-order chi connectivity index (χ1) is 70.8. The van der Waals surface area contributed by atoms with Gasteiger partial charge in [-0.3, -0.25) is 14.4 Å². The van der Waals surface area contributed by atoms with Gasteiger partial charge in [-0.2, -0.15) is 0 Å². The molecule has 17 aromatic carbocycles. The maximum atomic E-state index is 15.2. The van der Waals surface area contributed by atoms with Crippen molar-refractivity contribution in [1.29, 1.82) is 0 Å². The third-order valence-corrected chi connectivity index (χ3v) is 24.4. The van der Waals surface area contributed by atoms with Crippen LogP contribution >= 0.6 is 0 Å². The highest BCUT2D eigenvalue weighted by molar-refractivity contribution is 6.61. The minimum atomic E-state index is -0.213. The van der Waals surface area contributed by atoms with Crippen molar-refractivity contribution in [2.75, 3.05) is 0 Å². The number of rotatable bonds is 12. The molecule has 0 bridgehead atoms. The van der Waals surface area contributed by atoms with Crippen LogP contribution in [0.3, 0.4) is 0 Å². The Morgan fingerprint density at radius 2 is 0.236 bits per heavy atom. The lowest BCUT2D eigenvalue weighted by Crippen LogP contribution is -2.03. The predicted molar refractivity (Wildman–Crippen MR) is 591 cm³/mol. The summed E-state index contributed by atoms with van der Waals surface area (Å²) in [6, 6.07) is 143. The molecule has 0 saturated heterocycles. The maximum Gasteiger partial charge on any atom is 0.195 e. The topological polar surface area (TPSA) is 51.2 Å². The first-order valence-electron chi connectivity index (χ1n) is 46.3. The first-order valence-corrected chi connectivity index (χ1v) is 46.3. The van der Waals surface area contributed by atoms with E-state index >= 15 is 4.79 Å². The molecule has 0 unspecified atom stereocenters. The highest BCUT2D eigenvalue weighted by Crippen LogP contribution is 2.54. The number of Topliss-reactive ketones (excluding diaryl/α,β-unsaturated/α-hetero) is 3. The van der Waals surface area contributed by atoms with Gasteiger partial charge in [0.25, 0.3) is 0 Å². The van der Waals surface area contributed by atoms with Gasteiger partial charge in [-0.15, -0.1) is 45.0 Å². The largest absolute Gasteiger partial charge is 0.289 e. The zero-order valence-corrected chi connectivity index (χ0v) is 77.9. The summed E-state index contributed by atoms with van der Waals surface area (Å²) in [7, 11) is 0. The van der Waals surface area contributed by atoms with Crippen molar-refractivity contribution in [2.45, 2.75) is 0 Å². The molecule has 0 amide bonds. The lowest BCUT2D eigenvalue weighted by Gasteiger charge is -2.14. The number of benzene rings is 17. The molecule has 3 heteroatoms. The molecule has 0 aromatic heterocycles. The molecule has 0 aliphatic heterocycles. The highest BCUT2D eigenvalue weighted by Gasteiger charge is 2.40. The number of carbonyl (C=O) groups excluding carboxylic acids is 3. The average molecular weight is 1820 g/mol. The third kappa shape index (κ3) is 21.3. The summed E-state index contributed by atoms with van der Waals surface area (Å²) in [6.07, 6.45) is 40.6. The second-order valence-electron chi connectivity index (χ2n) is 33.5. The Bertz CT molecular complexity index is 8380. The van der Waals surface area contributed by atoms with Gasteiger partial charge in [-0.05, 0) is 261 Å². The van der Waals surface area contributed by atoms with Crippen LogP contribution in [0.5, 0.6) is 0 Å². The van der Waals surface area contributed by atoms with Crippen LogP contribution in [0.1, 0.15) is 161 Å². The standard InChI is InChI=1S/C53H28O.C49H28O.C39H24O/c1-5-37-31-38(6-2)34-47(33-37)51-49(45-27-23-43(24-28-45)21-19-41-15-11-9-12-16-41)50(52(53(51)54)48-35-39(7-3)32-40(8-4)36-48)46-29-25-44(26-30-46)22-20-42-17-13-10-14-18-42;1-3-35-19-27-43(28-20-35)47-45(41-31-23-39(24-32-41)17-15-37-11-7-5-8-12-37)46(48(49(47)50)44-29-21-36(4-2)22-30-44)42-33-25-40(26-34-42)18-16-38-13-9-6-10-14-38;1-2-28-20-24-34(25-21-28)38-35(31-14-8-4-9-15-31)36(37(39(38)40)32-16-10-5-11-17-32)33-26-22-30(23-27-33)19-18-29-12-6-3-7-13-29/h1-4,9-18,23-36H;1-2,5-14,19-34H;1,3-17,20-27H. The van der Waals surface area contributed by atoms with E-state index in [-0.39, 0.29) is 17.3 Å². The van der Waals surface area contributed by atoms with E-state index in [4.69, 9.17) is 45.0 Å². The molecule has 0 heterocycles. The molecule has 144 heavy (non-hydrogen) atoms. The van der Waals surface area contributed by atoms with Crippen molar-refractivity contribution in [3.8, 4) is 146 Å². The average Bonchev–Trinajstić information content (AvgIpc) is 1.58. The Hall–Kier alpha value is -21.1. The number of hydrogen-bond donors (Lipinski definition) is 0. The summed E-state index contributed by atoms with van der Waals surface area (Å²) >= 11 is 0. The van der Waals surface area contributed by atoms with E-state index in [2.05, 4.69) is 125 Å². The predicted octanol–water partition coefficient (Wildman–Crippen LogP) is 27.2. The van der Waals surface area contributed by atoms with Crippen LogP contribution in [-0.2, 0) is 14.4 Å². The third-order valence-electron chi connectivity index (χ3n) is 24.4. The fourth-order valence-corrected chi connectivity index (χ4v) is 17.4. The van der Waals surface area contributed by atoms with Gasteiger partial charge < -0.3 is 0 Å². The molecule has 0 saturated carbocycles. The summed E-state index contributed by atoms with van der Waals surface area (Å²) in [5.41, 5.74) is 31.8. The Morgan fingerprint density at radius 1 is 0.111 bits per heavy atom. The molecule has 0 radical (unpaired) electrons. The van der Waals surface area contributed by atoms with Crippen LogP contribution in [0.15, 0.2) is 443 Å². The van der Waals surface area contributed by atoms with Gasteiger partial charge in [0.2, 0.25) is 0 Å². The van der Waals surface area contributed by atoms with Crippen molar-refractivity contribution in [3.63, 3.8) is 0 Å². The van der Waals surface area contributed by atoms with Gasteiger partial charge in [0.1, 0.15) is 0 Å². The number of carbonyl (C=O) groups is 3. The second-order valence-corrected chi connectivity index (χ2v) is 33.5. The molecule has 662 valence electrons. The monoisotopic (exact) mass is 1820 g/mol. The van der Waals surface area contributed by atoms with Crippen LogP contribution in [0, 0.1) is 146 Å². The van der Waals surface area contributed by atoms with Crippen molar-refractivity contribution in [3.05, 3.63) is 604 Å². The molecule has 0 N–H and O–H groups in total. The number of hydrogen-bond acceptors (Lipinski definition) is 3. The van der Waals surface area contributed by atoms with Gasteiger partial charge in [-0.25, -0.2) is 0 Å². The van der Waals surface area contributed by atoms with Crippen molar-refractivity contribution >= 4 is 84.2 Å². The van der Waals surface area contributed by atoms with E-state index in [0.29, 0.717) is 78.0 Å². The summed E-state index contributed by atoms with van der Waals surface area (Å²) < 4.78 is 0. The smallest absolute Gasteiger partial charge is 0.195 e. The molecule has 0 spiro atoms. The van der Waals surface area contributed by atoms with Gasteiger partial charge in [0, 0.05) is 161 Å². The van der Waals surface area contributed by atoms with E-state index in [1.807, 2.05) is 406 Å². The number of ketones is 3. The first kappa shape index (κ1) is 93.3. The molecular formula is C141H80O3. The van der Waals surface area contributed by atoms with E-state index in [1.54, 1.807) is 12.1 Å². The Kier molecular flexibility index (Phi) is 28.6. The molecule has 20 rings (SSSR count). The van der Waals surface area contributed by atoms with Crippen LogP contribution in [0.2, 0.25) is 0 Å². The Balaban J connectivity index is 0.000000144. The van der Waals surface area contributed by atoms with E-state index < -0.39 is 0 Å². The van der Waals surface area contributed by atoms with Gasteiger partial charge in [-0.1, -0.05) is 349 Å². The van der Waals surface area contributed by atoms with E-state index in [0.717, 1.165) is 150 Å². The highest BCUT2D eigenvalue weighted by atomic mass is 16.1. The van der Waals surface area contributed by atoms with Gasteiger partial charge >= 0.3 is 0 Å². The summed E-state index contributed by atoms with van der Waals surface area (Å²) in [4.78, 5) is 44.3. The number of allylic oxidation sites excluding steroid dienone is 12. The molecule has 3 nitrogen and oxygen atoms in total. The number of terminal acetylenes is 7. The lowest BCUT2D eigenvalue weighted by atomic mass is 9.88. The Morgan fingerprint density at radius 3 is 0.403 bits per heavy atom. The van der Waals surface area contributed by atoms with E-state index in [9.17, 15) is 9.59 Å². The molecule has 17 aromatic rings. The molecular weight excluding hydrogens is 1740 g/mol. The zero-order valence-electron chi connectivity index (χ0n) is 77.9. The summed E-state index contributed by atoms with van der Waals surface area (Å²) in [6.45, 7) is 0. The molecule has 3 aliphatic carbocycles. The molecule has 0 fully saturated rings. The quantitative estimate of drug-likeness (QED) is 0.115. The second kappa shape index (κ2) is 44.2. The normalized spacial score (nSPS) is 12.0. The fourth-order valence-electron chi connectivity index (χ4n) is 17.4. The van der Waals surface area contributed by atoms with Crippen LogP contribution < -0.4 is 0 Å². The van der Waals surface area contributed by atoms with Crippen molar-refractivity contribution < 1.29 is 14.4 Å². The van der Waals surface area contributed by atoms with E-state index in [1.165, 1.54) is 0 Å². The summed E-state index contributed by atoms with van der Waals surface area (Å²) in [5.74, 6) is 51.0. The molecule has 0 atom stereocenters. The minimum Gasteiger partial charge on any atom is -0.289 e. The van der Waals surface area contributed by atoms with Crippen LogP contribution in [0.25, 0.3) is 66.9 Å². The van der Waals surface area contributed by atoms with Gasteiger partial charge in [0.15, 0.2) is 17.3 Å². The minimum absolute atomic E-state index is 0.00135. The van der Waals surface area contributed by atoms with Crippen LogP contribution in [-0.4, -0.2) is 17.3 Å². The van der Waals surface area contributed by atoms with Crippen LogP contribution in [0.4, 0.5) is 0 Å².